The number of phenolic OH excluding ortho intramolecular Hbond substituents is 1. The molecule has 0 aliphatic heterocycles. The fraction of sp³-hybridized carbons (Fsp3) is 0.250. The molecule has 0 fully saturated rings. The number of nitrogens with zero attached hydrogens (tertiary/aromatic N) is 1. The minimum Gasteiger partial charge on any atom is -0.508 e. The number of aliphatic carboxylic acids is 1. The number of anilines is 1. The van der Waals surface area contributed by atoms with Crippen LogP contribution >= 0.6 is 0 Å². The number of carbonyl (C=O) groups excluding carboxylic acids is 2. The van der Waals surface area contributed by atoms with Crippen LogP contribution in [0.3, 0.4) is 0 Å². The number of carboxylic acids is 1. The Hall–Kier alpha value is -4.44. The lowest BCUT2D eigenvalue weighted by atomic mass is 10.0. The van der Waals surface area contributed by atoms with E-state index in [0.717, 1.165) is 24.3 Å². The minimum atomic E-state index is -4.81. The smallest absolute Gasteiger partial charge is 0.416 e. The molecule has 9 N–H and O–H groups in total. The normalized spacial score (nSPS) is 12.1. The molecule has 2 aromatic rings. The van der Waals surface area contributed by atoms with Crippen molar-refractivity contribution >= 4 is 29.2 Å². The molecule has 2 aromatic carbocycles. The van der Waals surface area contributed by atoms with Crippen molar-refractivity contribution in [3.63, 3.8) is 0 Å². The van der Waals surface area contributed by atoms with Gasteiger partial charge in [0.05, 0.1) is 29.5 Å². The Bertz CT molecular complexity index is 1170. The van der Waals surface area contributed by atoms with Crippen LogP contribution < -0.4 is 27.4 Å². The number of carboxylic acid groups (broad SMARTS) is 1. The van der Waals surface area contributed by atoms with Gasteiger partial charge in [-0.15, -0.1) is 0 Å². The second kappa shape index (κ2) is 11.3. The second-order valence-electron chi connectivity index (χ2n) is 7.37. The molecule has 2 rings (SSSR count). The number of nitro groups is 1. The predicted molar refractivity (Wildman–Crippen MR) is 117 cm³/mol. The molecule has 0 radical (unpaired) electrons. The first-order chi connectivity index (χ1) is 16.7. The molecule has 0 spiro atoms. The number of nitro benzene ring substituents is 1. The molecule has 0 heterocycles. The van der Waals surface area contributed by atoms with Crippen LogP contribution in [-0.4, -0.2) is 45.8 Å². The Morgan fingerprint density at radius 1 is 1.11 bits per heavy atom. The van der Waals surface area contributed by atoms with E-state index in [-0.39, 0.29) is 11.3 Å². The molecular formula is C20H21F3N6O7. The number of carbonyl (C=O) groups is 3. The number of hydrogen-bond acceptors (Lipinski definition) is 9. The van der Waals surface area contributed by atoms with E-state index >= 15 is 0 Å². The van der Waals surface area contributed by atoms with Crippen LogP contribution in [0.1, 0.15) is 33.9 Å². The number of aromatic hydroxyl groups is 1. The predicted octanol–water partition coefficient (Wildman–Crippen LogP) is 0.994. The Morgan fingerprint density at radius 2 is 1.78 bits per heavy atom. The molecular weight excluding hydrogens is 493 g/mol. The van der Waals surface area contributed by atoms with E-state index in [1.54, 1.807) is 0 Å². The number of alkyl halides is 3. The van der Waals surface area contributed by atoms with E-state index in [1.165, 1.54) is 0 Å². The van der Waals surface area contributed by atoms with Crippen molar-refractivity contribution in [3.05, 3.63) is 63.2 Å². The summed E-state index contributed by atoms with van der Waals surface area (Å²) in [6, 6.07) is 3.59. The summed E-state index contributed by atoms with van der Waals surface area (Å²) < 4.78 is 39.6. The monoisotopic (exact) mass is 514 g/mol. The molecule has 0 saturated heterocycles. The molecule has 0 aliphatic carbocycles. The number of nitrogens with one attached hydrogen (secondary N) is 3. The highest BCUT2D eigenvalue weighted by atomic mass is 19.4. The third-order valence-electron chi connectivity index (χ3n) is 4.58. The van der Waals surface area contributed by atoms with Crippen LogP contribution in [0.5, 0.6) is 5.75 Å². The standard InChI is InChI=1S/C20H21F3N6O7/c21-20(22,23)10-3-9(4-11(5-10)27-19(24)25)18(34)26-8-16(31)28-14(7-17(32)33)13-6-12(29(35)36)1-2-15(13)30/h1-6,14,19,27,30H,7-8,24-25H2,(H,26,34)(H,28,31)(H,32,33). The average Bonchev–Trinajstić information content (AvgIpc) is 2.75. The number of non-ortho nitro benzene ring substituents is 1. The molecule has 2 amide bonds. The number of rotatable bonds is 10. The summed E-state index contributed by atoms with van der Waals surface area (Å²) in [5.41, 5.74) is 7.98. The Morgan fingerprint density at radius 3 is 2.33 bits per heavy atom. The van der Waals surface area contributed by atoms with Crippen LogP contribution in [0.4, 0.5) is 24.5 Å². The highest BCUT2D eigenvalue weighted by Gasteiger charge is 2.32. The average molecular weight is 514 g/mol. The summed E-state index contributed by atoms with van der Waals surface area (Å²) in [6.45, 7) is -0.806. The SMILES string of the molecule is NC(N)Nc1cc(C(=O)NCC(=O)NC(CC(=O)O)c2cc([N+](=O)[O-])ccc2O)cc(C(F)(F)F)c1. The summed E-state index contributed by atoms with van der Waals surface area (Å²) in [4.78, 5) is 46.2. The van der Waals surface area contributed by atoms with Gasteiger partial charge in [-0.2, -0.15) is 13.2 Å². The zero-order chi connectivity index (χ0) is 27.2. The summed E-state index contributed by atoms with van der Waals surface area (Å²) >= 11 is 0. The molecule has 36 heavy (non-hydrogen) atoms. The first-order valence-corrected chi connectivity index (χ1v) is 9.94. The van der Waals surface area contributed by atoms with Crippen molar-refractivity contribution in [1.82, 2.24) is 10.6 Å². The van der Waals surface area contributed by atoms with Crippen molar-refractivity contribution in [3.8, 4) is 5.75 Å². The van der Waals surface area contributed by atoms with Gasteiger partial charge in [-0.1, -0.05) is 0 Å². The lowest BCUT2D eigenvalue weighted by Gasteiger charge is -2.19. The molecule has 0 aliphatic rings. The number of amides is 2. The van der Waals surface area contributed by atoms with Crippen molar-refractivity contribution in [2.24, 2.45) is 11.5 Å². The molecule has 13 nitrogen and oxygen atoms in total. The maximum atomic E-state index is 13.2. The maximum absolute atomic E-state index is 13.2. The number of phenols is 1. The van der Waals surface area contributed by atoms with Crippen molar-refractivity contribution in [1.29, 1.82) is 0 Å². The molecule has 16 heteroatoms. The molecule has 0 bridgehead atoms. The first-order valence-electron chi connectivity index (χ1n) is 9.94. The van der Waals surface area contributed by atoms with Gasteiger partial charge in [-0.05, 0) is 24.3 Å². The number of halogens is 3. The summed E-state index contributed by atoms with van der Waals surface area (Å²) in [6.07, 6.45) is -6.82. The summed E-state index contributed by atoms with van der Waals surface area (Å²) in [5, 5.41) is 36.7. The first kappa shape index (κ1) is 27.8. The summed E-state index contributed by atoms with van der Waals surface area (Å²) in [7, 11) is 0. The molecule has 1 unspecified atom stereocenters. The quantitative estimate of drug-likeness (QED) is 0.135. The molecule has 194 valence electrons. The number of benzene rings is 2. The van der Waals surface area contributed by atoms with Crippen LogP contribution in [0, 0.1) is 10.1 Å². The van der Waals surface area contributed by atoms with Crippen LogP contribution in [0.25, 0.3) is 0 Å². The maximum Gasteiger partial charge on any atom is 0.416 e. The van der Waals surface area contributed by atoms with Gasteiger partial charge in [0, 0.05) is 28.9 Å². The van der Waals surface area contributed by atoms with Crippen molar-refractivity contribution in [2.75, 3.05) is 11.9 Å². The van der Waals surface area contributed by atoms with Gasteiger partial charge in [0.15, 0.2) is 0 Å². The molecule has 0 saturated carbocycles. The second-order valence-corrected chi connectivity index (χ2v) is 7.37. The van der Waals surface area contributed by atoms with E-state index in [9.17, 15) is 42.8 Å². The van der Waals surface area contributed by atoms with Gasteiger partial charge in [-0.25, -0.2) is 0 Å². The molecule has 1 atom stereocenters. The van der Waals surface area contributed by atoms with E-state index in [4.69, 9.17) is 16.6 Å². The Balaban J connectivity index is 2.20. The third-order valence-corrected chi connectivity index (χ3v) is 4.58. The van der Waals surface area contributed by atoms with Crippen LogP contribution in [-0.2, 0) is 15.8 Å². The van der Waals surface area contributed by atoms with Gasteiger partial charge in [0.2, 0.25) is 5.91 Å². The Kier molecular flexibility index (Phi) is 8.75. The minimum absolute atomic E-state index is 0.211. The zero-order valence-electron chi connectivity index (χ0n) is 18.2. The number of nitrogens with two attached hydrogens (primary N) is 2. The van der Waals surface area contributed by atoms with Gasteiger partial charge in [-0.3, -0.25) is 36.0 Å². The van der Waals surface area contributed by atoms with E-state index in [0.29, 0.717) is 12.1 Å². The van der Waals surface area contributed by atoms with Crippen molar-refractivity contribution in [2.45, 2.75) is 24.9 Å². The highest BCUT2D eigenvalue weighted by Crippen LogP contribution is 2.32. The van der Waals surface area contributed by atoms with Crippen LogP contribution in [0.2, 0.25) is 0 Å². The topological polar surface area (TPSA) is 223 Å². The Labute approximate surface area is 200 Å². The lowest BCUT2D eigenvalue weighted by Crippen LogP contribution is -2.40. The van der Waals surface area contributed by atoms with E-state index in [2.05, 4.69) is 16.0 Å². The summed E-state index contributed by atoms with van der Waals surface area (Å²) in [5.74, 6) is -4.02. The third kappa shape index (κ3) is 7.81. The van der Waals surface area contributed by atoms with E-state index in [1.807, 2.05) is 0 Å². The van der Waals surface area contributed by atoms with Crippen molar-refractivity contribution < 1.29 is 42.7 Å². The van der Waals surface area contributed by atoms with Gasteiger partial charge >= 0.3 is 12.1 Å². The zero-order valence-corrected chi connectivity index (χ0v) is 18.2. The van der Waals surface area contributed by atoms with Gasteiger partial charge in [0.1, 0.15) is 12.0 Å². The largest absolute Gasteiger partial charge is 0.508 e. The molecule has 0 aromatic heterocycles. The van der Waals surface area contributed by atoms with Gasteiger partial charge in [0.25, 0.3) is 11.6 Å². The fourth-order valence-corrected chi connectivity index (χ4v) is 3.05. The van der Waals surface area contributed by atoms with Gasteiger partial charge < -0.3 is 26.2 Å². The number of hydrogen-bond donors (Lipinski definition) is 7. The fourth-order valence-electron chi connectivity index (χ4n) is 3.05. The van der Waals surface area contributed by atoms with E-state index < -0.39 is 76.7 Å². The lowest BCUT2D eigenvalue weighted by molar-refractivity contribution is -0.385. The highest BCUT2D eigenvalue weighted by molar-refractivity contribution is 5.97. The van der Waals surface area contributed by atoms with Crippen LogP contribution in [0.15, 0.2) is 36.4 Å².